The van der Waals surface area contributed by atoms with Crippen molar-refractivity contribution in [1.29, 1.82) is 0 Å². The summed E-state index contributed by atoms with van der Waals surface area (Å²) in [5, 5.41) is 6.69. The number of sulfone groups is 1. The van der Waals surface area contributed by atoms with Crippen LogP contribution in [-0.2, 0) is 9.84 Å². The van der Waals surface area contributed by atoms with E-state index in [-0.39, 0.29) is 6.04 Å². The summed E-state index contributed by atoms with van der Waals surface area (Å²) >= 11 is 0. The van der Waals surface area contributed by atoms with Crippen LogP contribution in [0.2, 0.25) is 0 Å². The van der Waals surface area contributed by atoms with Crippen LogP contribution in [0.1, 0.15) is 19.8 Å². The van der Waals surface area contributed by atoms with Crippen LogP contribution in [0.5, 0.6) is 0 Å². The van der Waals surface area contributed by atoms with Crippen LogP contribution in [0.25, 0.3) is 0 Å². The van der Waals surface area contributed by atoms with Crippen molar-refractivity contribution in [1.82, 2.24) is 10.6 Å². The first-order chi connectivity index (χ1) is 7.57. The van der Waals surface area contributed by atoms with Gasteiger partial charge in [0.2, 0.25) is 0 Å². The Kier molecular flexibility index (Phi) is 3.87. The van der Waals surface area contributed by atoms with Gasteiger partial charge in [-0.05, 0) is 37.8 Å². The van der Waals surface area contributed by atoms with Crippen molar-refractivity contribution in [2.75, 3.05) is 31.1 Å². The second kappa shape index (κ2) is 5.02. The lowest BCUT2D eigenvalue weighted by Gasteiger charge is -2.23. The quantitative estimate of drug-likeness (QED) is 0.671. The van der Waals surface area contributed by atoms with Crippen LogP contribution in [0, 0.1) is 11.8 Å². The minimum atomic E-state index is -2.77. The largest absolute Gasteiger partial charge is 0.316 e. The molecular formula is C11H22N2O2S. The van der Waals surface area contributed by atoms with Gasteiger partial charge in [-0.15, -0.1) is 0 Å². The first-order valence-electron chi connectivity index (χ1n) is 6.21. The second-order valence-electron chi connectivity index (χ2n) is 5.23. The molecule has 1 aliphatic heterocycles. The fourth-order valence-corrected chi connectivity index (χ4v) is 3.79. The molecule has 0 spiro atoms. The highest BCUT2D eigenvalue weighted by Gasteiger charge is 2.31. The van der Waals surface area contributed by atoms with Gasteiger partial charge in [-0.25, -0.2) is 8.42 Å². The molecule has 0 amide bonds. The molecule has 1 aliphatic carbocycles. The average molecular weight is 246 g/mol. The van der Waals surface area contributed by atoms with Gasteiger partial charge in [0.25, 0.3) is 0 Å². The molecular weight excluding hydrogens is 224 g/mol. The summed E-state index contributed by atoms with van der Waals surface area (Å²) in [6.45, 7) is 4.92. The molecule has 2 aliphatic rings. The Balaban J connectivity index is 1.58. The lowest BCUT2D eigenvalue weighted by molar-refractivity contribution is 0.474. The van der Waals surface area contributed by atoms with Gasteiger partial charge in [0.1, 0.15) is 0 Å². The first-order valence-corrected chi connectivity index (χ1v) is 8.03. The van der Waals surface area contributed by atoms with E-state index in [4.69, 9.17) is 0 Å². The van der Waals surface area contributed by atoms with Crippen LogP contribution in [0.4, 0.5) is 0 Å². The highest BCUT2D eigenvalue weighted by atomic mass is 32.2. The number of hydrogen-bond acceptors (Lipinski definition) is 4. The summed E-state index contributed by atoms with van der Waals surface area (Å²) in [6.07, 6.45) is 2.27. The maximum Gasteiger partial charge on any atom is 0.153 e. The molecule has 16 heavy (non-hydrogen) atoms. The Morgan fingerprint density at radius 1 is 1.44 bits per heavy atom. The molecule has 3 unspecified atom stereocenters. The van der Waals surface area contributed by atoms with E-state index in [2.05, 4.69) is 17.6 Å². The molecule has 5 heteroatoms. The summed E-state index contributed by atoms with van der Waals surface area (Å²) in [6, 6.07) is 0.155. The van der Waals surface area contributed by atoms with E-state index >= 15 is 0 Å². The van der Waals surface area contributed by atoms with Crippen LogP contribution >= 0.6 is 0 Å². The van der Waals surface area contributed by atoms with Crippen molar-refractivity contribution in [2.45, 2.75) is 25.8 Å². The molecule has 0 aromatic carbocycles. The monoisotopic (exact) mass is 246 g/mol. The predicted octanol–water partition coefficient (Wildman–Crippen LogP) is 0.00870. The Morgan fingerprint density at radius 3 is 2.81 bits per heavy atom. The van der Waals surface area contributed by atoms with Crippen molar-refractivity contribution in [2.24, 2.45) is 11.8 Å². The standard InChI is InChI=1S/C11H22N2O2S/c1-9-6-10(9)7-12-3-2-11-8-16(14,15)5-4-13-11/h9-13H,2-8H2,1H3. The van der Waals surface area contributed by atoms with Gasteiger partial charge in [0.05, 0.1) is 11.5 Å². The van der Waals surface area contributed by atoms with Crippen LogP contribution in [0.3, 0.4) is 0 Å². The highest BCUT2D eigenvalue weighted by molar-refractivity contribution is 7.91. The van der Waals surface area contributed by atoms with E-state index in [1.807, 2.05) is 0 Å². The fourth-order valence-electron chi connectivity index (χ4n) is 2.30. The average Bonchev–Trinajstić information content (AvgIpc) is 2.88. The fraction of sp³-hybridized carbons (Fsp3) is 1.00. The highest BCUT2D eigenvalue weighted by Crippen LogP contribution is 2.36. The van der Waals surface area contributed by atoms with Gasteiger partial charge in [-0.1, -0.05) is 6.92 Å². The zero-order chi connectivity index (χ0) is 11.6. The molecule has 1 saturated heterocycles. The molecule has 1 heterocycles. The molecule has 2 N–H and O–H groups in total. The minimum Gasteiger partial charge on any atom is -0.316 e. The number of hydrogen-bond donors (Lipinski definition) is 2. The molecule has 2 rings (SSSR count). The lowest BCUT2D eigenvalue weighted by Crippen LogP contribution is -2.46. The third-order valence-electron chi connectivity index (χ3n) is 3.65. The Morgan fingerprint density at radius 2 is 2.19 bits per heavy atom. The van der Waals surface area contributed by atoms with Crippen molar-refractivity contribution >= 4 is 9.84 Å². The SMILES string of the molecule is CC1CC1CNCCC1CS(=O)(=O)CCN1. The van der Waals surface area contributed by atoms with Crippen molar-refractivity contribution in [3.63, 3.8) is 0 Å². The maximum absolute atomic E-state index is 11.4. The van der Waals surface area contributed by atoms with Gasteiger partial charge < -0.3 is 10.6 Å². The summed E-state index contributed by atoms with van der Waals surface area (Å²) in [5.41, 5.74) is 0. The molecule has 0 aromatic rings. The summed E-state index contributed by atoms with van der Waals surface area (Å²) in [5.74, 6) is 2.37. The Bertz CT molecular complexity index is 329. The maximum atomic E-state index is 11.4. The normalized spacial score (nSPS) is 37.2. The van der Waals surface area contributed by atoms with E-state index in [9.17, 15) is 8.42 Å². The van der Waals surface area contributed by atoms with E-state index in [0.29, 0.717) is 18.1 Å². The second-order valence-corrected chi connectivity index (χ2v) is 7.46. The number of nitrogens with one attached hydrogen (secondary N) is 2. The third-order valence-corrected chi connectivity index (χ3v) is 5.39. The number of rotatable bonds is 5. The topological polar surface area (TPSA) is 58.2 Å². The molecule has 3 atom stereocenters. The van der Waals surface area contributed by atoms with Crippen LogP contribution in [-0.4, -0.2) is 45.6 Å². The summed E-state index contributed by atoms with van der Waals surface area (Å²) < 4.78 is 22.8. The zero-order valence-corrected chi connectivity index (χ0v) is 10.7. The molecule has 0 radical (unpaired) electrons. The van der Waals surface area contributed by atoms with E-state index in [0.717, 1.165) is 31.3 Å². The smallest absolute Gasteiger partial charge is 0.153 e. The van der Waals surface area contributed by atoms with Crippen molar-refractivity contribution in [3.05, 3.63) is 0 Å². The third kappa shape index (κ3) is 3.71. The first kappa shape index (κ1) is 12.3. The van der Waals surface area contributed by atoms with E-state index in [1.165, 1.54) is 6.42 Å². The molecule has 4 nitrogen and oxygen atoms in total. The molecule has 1 saturated carbocycles. The Labute approximate surface area is 98.1 Å². The predicted molar refractivity (Wildman–Crippen MR) is 65.2 cm³/mol. The molecule has 0 aromatic heterocycles. The van der Waals surface area contributed by atoms with Crippen molar-refractivity contribution in [3.8, 4) is 0 Å². The van der Waals surface area contributed by atoms with Crippen LogP contribution < -0.4 is 10.6 Å². The van der Waals surface area contributed by atoms with Gasteiger partial charge in [0.15, 0.2) is 9.84 Å². The minimum absolute atomic E-state index is 0.155. The molecule has 2 fully saturated rings. The van der Waals surface area contributed by atoms with Gasteiger partial charge in [0, 0.05) is 12.6 Å². The van der Waals surface area contributed by atoms with Gasteiger partial charge >= 0.3 is 0 Å². The van der Waals surface area contributed by atoms with Gasteiger partial charge in [-0.3, -0.25) is 0 Å². The zero-order valence-electron chi connectivity index (χ0n) is 9.91. The Hall–Kier alpha value is -0.130. The van der Waals surface area contributed by atoms with Crippen molar-refractivity contribution < 1.29 is 8.42 Å². The van der Waals surface area contributed by atoms with E-state index < -0.39 is 9.84 Å². The molecule has 0 bridgehead atoms. The van der Waals surface area contributed by atoms with Crippen LogP contribution in [0.15, 0.2) is 0 Å². The van der Waals surface area contributed by atoms with E-state index in [1.54, 1.807) is 0 Å². The summed E-state index contributed by atoms with van der Waals surface area (Å²) in [4.78, 5) is 0. The molecule has 94 valence electrons. The summed E-state index contributed by atoms with van der Waals surface area (Å²) in [7, 11) is -2.77. The van der Waals surface area contributed by atoms with Gasteiger partial charge in [-0.2, -0.15) is 0 Å². The lowest BCUT2D eigenvalue weighted by atomic mass is 10.2.